The van der Waals surface area contributed by atoms with Crippen LogP contribution in [0.15, 0.2) is 5.38 Å². The number of thioether (sulfide) groups is 1. The van der Waals surface area contributed by atoms with Gasteiger partial charge in [-0.1, -0.05) is 0 Å². The minimum atomic E-state index is 0.0478. The minimum Gasteiger partial charge on any atom is -0.389 e. The third kappa shape index (κ3) is 3.10. The van der Waals surface area contributed by atoms with Crippen molar-refractivity contribution < 1.29 is 5.11 Å². The van der Waals surface area contributed by atoms with E-state index in [-0.39, 0.29) is 6.61 Å². The van der Waals surface area contributed by atoms with Crippen molar-refractivity contribution in [1.82, 2.24) is 4.98 Å². The molecule has 12 heavy (non-hydrogen) atoms. The van der Waals surface area contributed by atoms with E-state index in [0.717, 1.165) is 22.2 Å². The summed E-state index contributed by atoms with van der Waals surface area (Å²) in [6.07, 6.45) is 0. The van der Waals surface area contributed by atoms with E-state index in [1.807, 2.05) is 5.38 Å². The third-order valence-electron chi connectivity index (χ3n) is 1.25. The summed E-state index contributed by atoms with van der Waals surface area (Å²) in [6.45, 7) is 0.758. The van der Waals surface area contributed by atoms with Gasteiger partial charge in [0.1, 0.15) is 5.01 Å². The van der Waals surface area contributed by atoms with Crippen LogP contribution in [0.2, 0.25) is 0 Å². The van der Waals surface area contributed by atoms with Gasteiger partial charge in [0, 0.05) is 23.4 Å². The first-order valence-corrected chi connectivity index (χ1v) is 5.72. The molecule has 0 fully saturated rings. The molecule has 0 aliphatic rings. The number of thiazole rings is 1. The quantitative estimate of drug-likeness (QED) is 0.697. The maximum atomic E-state index is 8.74. The molecule has 0 atom stereocenters. The van der Waals surface area contributed by atoms with E-state index in [2.05, 4.69) is 4.98 Å². The lowest BCUT2D eigenvalue weighted by atomic mass is 10.6. The molecule has 0 saturated heterocycles. The number of hydrogen-bond acceptors (Lipinski definition) is 5. The lowest BCUT2D eigenvalue weighted by Gasteiger charge is -1.94. The second-order valence-corrected chi connectivity index (χ2v) is 4.28. The van der Waals surface area contributed by atoms with Gasteiger partial charge in [0.25, 0.3) is 0 Å². The fraction of sp³-hybridized carbons (Fsp3) is 0.571. The number of aromatic nitrogens is 1. The molecular weight excluding hydrogens is 192 g/mol. The first-order chi connectivity index (χ1) is 5.86. The van der Waals surface area contributed by atoms with Crippen LogP contribution >= 0.6 is 23.1 Å². The standard InChI is InChI=1S/C7H12N2OS2/c8-1-2-11-4-6-5-12-7(3-10)9-6/h5,10H,1-4,8H2. The number of hydrogen-bond donors (Lipinski definition) is 2. The molecule has 68 valence electrons. The zero-order chi connectivity index (χ0) is 8.81. The van der Waals surface area contributed by atoms with Crippen LogP contribution in [0, 0.1) is 0 Å². The summed E-state index contributed by atoms with van der Waals surface area (Å²) in [6, 6.07) is 0. The molecule has 1 aromatic heterocycles. The summed E-state index contributed by atoms with van der Waals surface area (Å²) in [5.41, 5.74) is 6.39. The molecule has 0 bridgehead atoms. The maximum absolute atomic E-state index is 8.74. The van der Waals surface area contributed by atoms with Crippen LogP contribution in [0.4, 0.5) is 0 Å². The van der Waals surface area contributed by atoms with Crippen molar-refractivity contribution in [2.24, 2.45) is 5.73 Å². The summed E-state index contributed by atoms with van der Waals surface area (Å²) in [5, 5.41) is 11.5. The number of rotatable bonds is 5. The van der Waals surface area contributed by atoms with Crippen molar-refractivity contribution >= 4 is 23.1 Å². The Morgan fingerprint density at radius 2 is 2.50 bits per heavy atom. The Kier molecular flexibility index (Phi) is 4.60. The highest BCUT2D eigenvalue weighted by Crippen LogP contribution is 2.15. The van der Waals surface area contributed by atoms with Crippen molar-refractivity contribution in [3.8, 4) is 0 Å². The summed E-state index contributed by atoms with van der Waals surface area (Å²) < 4.78 is 0. The molecule has 3 nitrogen and oxygen atoms in total. The van der Waals surface area contributed by atoms with E-state index < -0.39 is 0 Å². The van der Waals surface area contributed by atoms with Crippen LogP contribution in [0.5, 0.6) is 0 Å². The van der Waals surface area contributed by atoms with Crippen LogP contribution in [0.1, 0.15) is 10.7 Å². The van der Waals surface area contributed by atoms with Gasteiger partial charge in [0.2, 0.25) is 0 Å². The second-order valence-electron chi connectivity index (χ2n) is 2.23. The smallest absolute Gasteiger partial charge is 0.118 e. The van der Waals surface area contributed by atoms with Gasteiger partial charge in [-0.2, -0.15) is 11.8 Å². The fourth-order valence-corrected chi connectivity index (χ4v) is 2.17. The maximum Gasteiger partial charge on any atom is 0.118 e. The first kappa shape index (κ1) is 9.98. The van der Waals surface area contributed by atoms with Gasteiger partial charge in [0.05, 0.1) is 12.3 Å². The molecule has 1 aromatic rings. The van der Waals surface area contributed by atoms with Gasteiger partial charge < -0.3 is 10.8 Å². The Bertz CT molecular complexity index is 227. The zero-order valence-corrected chi connectivity index (χ0v) is 8.33. The lowest BCUT2D eigenvalue weighted by molar-refractivity contribution is 0.281. The van der Waals surface area contributed by atoms with Gasteiger partial charge in [-0.25, -0.2) is 4.98 Å². The highest BCUT2D eigenvalue weighted by Gasteiger charge is 1.99. The van der Waals surface area contributed by atoms with Gasteiger partial charge in [-0.3, -0.25) is 0 Å². The molecule has 0 aliphatic heterocycles. The Labute approximate surface area is 80.0 Å². The van der Waals surface area contributed by atoms with E-state index in [1.54, 1.807) is 11.8 Å². The number of aliphatic hydroxyl groups is 1. The van der Waals surface area contributed by atoms with Crippen LogP contribution in [0.3, 0.4) is 0 Å². The van der Waals surface area contributed by atoms with E-state index in [9.17, 15) is 0 Å². The van der Waals surface area contributed by atoms with Crippen LogP contribution in [-0.4, -0.2) is 22.4 Å². The van der Waals surface area contributed by atoms with E-state index in [1.165, 1.54) is 11.3 Å². The van der Waals surface area contributed by atoms with Crippen LogP contribution < -0.4 is 5.73 Å². The van der Waals surface area contributed by atoms with Gasteiger partial charge in [0.15, 0.2) is 0 Å². The SMILES string of the molecule is NCCSCc1csc(CO)n1. The molecule has 0 aliphatic carbocycles. The normalized spacial score (nSPS) is 10.5. The molecule has 0 aromatic carbocycles. The van der Waals surface area contributed by atoms with E-state index in [4.69, 9.17) is 10.8 Å². The van der Waals surface area contributed by atoms with Gasteiger partial charge in [-0.15, -0.1) is 11.3 Å². The van der Waals surface area contributed by atoms with Gasteiger partial charge in [-0.05, 0) is 0 Å². The van der Waals surface area contributed by atoms with Crippen molar-refractivity contribution in [2.45, 2.75) is 12.4 Å². The molecule has 0 spiro atoms. The summed E-state index contributed by atoms with van der Waals surface area (Å²) in [5.74, 6) is 1.86. The number of aliphatic hydroxyl groups excluding tert-OH is 1. The molecule has 0 radical (unpaired) electrons. The monoisotopic (exact) mass is 204 g/mol. The molecule has 0 amide bonds. The van der Waals surface area contributed by atoms with Crippen LogP contribution in [0.25, 0.3) is 0 Å². The topological polar surface area (TPSA) is 59.1 Å². The second kappa shape index (κ2) is 5.53. The predicted molar refractivity (Wildman–Crippen MR) is 53.3 cm³/mol. The summed E-state index contributed by atoms with van der Waals surface area (Å²) in [7, 11) is 0. The van der Waals surface area contributed by atoms with E-state index >= 15 is 0 Å². The first-order valence-electron chi connectivity index (χ1n) is 3.68. The number of nitrogens with zero attached hydrogens (tertiary/aromatic N) is 1. The summed E-state index contributed by atoms with van der Waals surface area (Å²) >= 11 is 3.27. The predicted octanol–water partition coefficient (Wildman–Crippen LogP) is 0.827. The average molecular weight is 204 g/mol. The van der Waals surface area contributed by atoms with Crippen molar-refractivity contribution in [2.75, 3.05) is 12.3 Å². The Hall–Kier alpha value is -0.100. The molecule has 5 heteroatoms. The third-order valence-corrected chi connectivity index (χ3v) is 3.15. The van der Waals surface area contributed by atoms with E-state index in [0.29, 0.717) is 6.54 Å². The highest BCUT2D eigenvalue weighted by atomic mass is 32.2. The summed E-state index contributed by atoms with van der Waals surface area (Å²) in [4.78, 5) is 4.21. The minimum absolute atomic E-state index is 0.0478. The average Bonchev–Trinajstić information content (AvgIpc) is 2.53. The number of nitrogens with two attached hydrogens (primary N) is 1. The van der Waals surface area contributed by atoms with Crippen molar-refractivity contribution in [1.29, 1.82) is 0 Å². The highest BCUT2D eigenvalue weighted by molar-refractivity contribution is 7.98. The van der Waals surface area contributed by atoms with Crippen molar-refractivity contribution in [3.05, 3.63) is 16.1 Å². The largest absolute Gasteiger partial charge is 0.389 e. The molecule has 1 heterocycles. The Morgan fingerprint density at radius 3 is 3.08 bits per heavy atom. The Balaban J connectivity index is 2.31. The van der Waals surface area contributed by atoms with Crippen molar-refractivity contribution in [3.63, 3.8) is 0 Å². The lowest BCUT2D eigenvalue weighted by Crippen LogP contribution is -2.01. The Morgan fingerprint density at radius 1 is 1.67 bits per heavy atom. The molecule has 3 N–H and O–H groups in total. The zero-order valence-electron chi connectivity index (χ0n) is 6.69. The molecule has 1 rings (SSSR count). The molecule has 0 unspecified atom stereocenters. The van der Waals surface area contributed by atoms with Crippen LogP contribution in [-0.2, 0) is 12.4 Å². The van der Waals surface area contributed by atoms with Gasteiger partial charge >= 0.3 is 0 Å². The fourth-order valence-electron chi connectivity index (χ4n) is 0.748. The molecular formula is C7H12N2OS2. The molecule has 0 saturated carbocycles.